The van der Waals surface area contributed by atoms with E-state index in [1.165, 1.54) is 0 Å². The normalized spacial score (nSPS) is 8.36. The van der Waals surface area contributed by atoms with Gasteiger partial charge in [-0.05, 0) is 0 Å². The summed E-state index contributed by atoms with van der Waals surface area (Å²) in [5, 5.41) is 0. The van der Waals surface area contributed by atoms with Crippen molar-refractivity contribution >= 4 is 6.29 Å². The SMILES string of the molecule is O.O=Cc1cc(=O)[nH]c(=O)[nH]1. The highest BCUT2D eigenvalue weighted by Crippen LogP contribution is 1.73. The van der Waals surface area contributed by atoms with Crippen LogP contribution in [0.4, 0.5) is 0 Å². The number of nitrogens with one attached hydrogen (secondary N) is 2. The highest BCUT2D eigenvalue weighted by molar-refractivity contribution is 5.70. The Labute approximate surface area is 60.2 Å². The molecule has 1 rings (SSSR count). The summed E-state index contributed by atoms with van der Waals surface area (Å²) >= 11 is 0. The van der Waals surface area contributed by atoms with Gasteiger partial charge in [-0.15, -0.1) is 0 Å². The van der Waals surface area contributed by atoms with Crippen molar-refractivity contribution in [1.29, 1.82) is 0 Å². The first-order valence-electron chi connectivity index (χ1n) is 2.51. The number of aldehydes is 1. The molecule has 0 saturated heterocycles. The fourth-order valence-electron chi connectivity index (χ4n) is 0.551. The molecule has 0 bridgehead atoms. The average molecular weight is 158 g/mol. The number of aromatic amines is 2. The van der Waals surface area contributed by atoms with Gasteiger partial charge in [-0.2, -0.15) is 0 Å². The minimum Gasteiger partial charge on any atom is -0.412 e. The number of carbonyl (C=O) groups is 1. The van der Waals surface area contributed by atoms with Crippen LogP contribution in [-0.4, -0.2) is 21.7 Å². The lowest BCUT2D eigenvalue weighted by Gasteiger charge is -1.84. The molecule has 0 aliphatic carbocycles. The summed E-state index contributed by atoms with van der Waals surface area (Å²) in [5.41, 5.74) is -1.27. The molecule has 0 fully saturated rings. The standard InChI is InChI=1S/C5H4N2O3.H2O/c8-2-3-1-4(9)7-5(10)6-3;/h1-2H,(H2,6,7,9,10);1H2. The number of carbonyl (C=O) groups excluding carboxylic acids is 1. The van der Waals surface area contributed by atoms with Crippen molar-refractivity contribution in [1.82, 2.24) is 9.97 Å². The molecule has 0 saturated carbocycles. The second kappa shape index (κ2) is 3.47. The maximum Gasteiger partial charge on any atom is 0.326 e. The topological polar surface area (TPSA) is 114 Å². The van der Waals surface area contributed by atoms with Crippen molar-refractivity contribution in [3.05, 3.63) is 32.6 Å². The molecule has 6 nitrogen and oxygen atoms in total. The third-order valence-electron chi connectivity index (χ3n) is 0.908. The summed E-state index contributed by atoms with van der Waals surface area (Å²) in [7, 11) is 0. The second-order valence-corrected chi connectivity index (χ2v) is 1.66. The van der Waals surface area contributed by atoms with Gasteiger partial charge >= 0.3 is 5.69 Å². The second-order valence-electron chi connectivity index (χ2n) is 1.66. The van der Waals surface area contributed by atoms with Crippen molar-refractivity contribution < 1.29 is 10.3 Å². The molecule has 1 aromatic rings. The molecule has 0 atom stereocenters. The van der Waals surface area contributed by atoms with E-state index in [0.717, 1.165) is 6.07 Å². The van der Waals surface area contributed by atoms with Crippen LogP contribution in [-0.2, 0) is 0 Å². The maximum atomic E-state index is 10.4. The molecular formula is C5H6N2O4. The predicted molar refractivity (Wildman–Crippen MR) is 36.7 cm³/mol. The van der Waals surface area contributed by atoms with Crippen molar-refractivity contribution in [3.63, 3.8) is 0 Å². The Morgan fingerprint density at radius 3 is 2.36 bits per heavy atom. The summed E-state index contributed by atoms with van der Waals surface area (Å²) in [4.78, 5) is 34.9. The molecule has 11 heavy (non-hydrogen) atoms. The van der Waals surface area contributed by atoms with Gasteiger partial charge in [0.2, 0.25) is 0 Å². The van der Waals surface area contributed by atoms with Gasteiger partial charge in [0.05, 0.1) is 5.69 Å². The van der Waals surface area contributed by atoms with Crippen LogP contribution in [0.5, 0.6) is 0 Å². The molecule has 0 unspecified atom stereocenters. The summed E-state index contributed by atoms with van der Waals surface area (Å²) < 4.78 is 0. The van der Waals surface area contributed by atoms with Crippen LogP contribution in [0.3, 0.4) is 0 Å². The molecule has 0 spiro atoms. The van der Waals surface area contributed by atoms with Gasteiger partial charge in [-0.3, -0.25) is 14.6 Å². The first-order chi connectivity index (χ1) is 4.72. The first kappa shape index (κ1) is 9.31. The fraction of sp³-hybridized carbons (Fsp3) is 0. The van der Waals surface area contributed by atoms with E-state index in [2.05, 4.69) is 4.98 Å². The van der Waals surface area contributed by atoms with Gasteiger partial charge in [0.1, 0.15) is 0 Å². The Bertz CT molecular complexity index is 322. The van der Waals surface area contributed by atoms with Crippen molar-refractivity contribution in [2.24, 2.45) is 0 Å². The molecule has 1 heterocycles. The number of hydrogen-bond acceptors (Lipinski definition) is 3. The number of aromatic nitrogens is 2. The molecule has 0 aliphatic heterocycles. The van der Waals surface area contributed by atoms with Crippen LogP contribution >= 0.6 is 0 Å². The van der Waals surface area contributed by atoms with Gasteiger partial charge in [-0.25, -0.2) is 4.79 Å². The smallest absolute Gasteiger partial charge is 0.326 e. The van der Waals surface area contributed by atoms with Crippen LogP contribution in [0, 0.1) is 0 Å². The van der Waals surface area contributed by atoms with E-state index >= 15 is 0 Å². The lowest BCUT2D eigenvalue weighted by molar-refractivity contribution is 0.111. The van der Waals surface area contributed by atoms with E-state index in [-0.39, 0.29) is 11.2 Å². The third kappa shape index (κ3) is 2.18. The number of H-pyrrole nitrogens is 2. The number of rotatable bonds is 1. The van der Waals surface area contributed by atoms with Crippen LogP contribution in [0.2, 0.25) is 0 Å². The van der Waals surface area contributed by atoms with Crippen LogP contribution < -0.4 is 11.2 Å². The lowest BCUT2D eigenvalue weighted by atomic mass is 10.4. The van der Waals surface area contributed by atoms with E-state index in [0.29, 0.717) is 6.29 Å². The fourth-order valence-corrected chi connectivity index (χ4v) is 0.551. The summed E-state index contributed by atoms with van der Waals surface area (Å²) in [6.45, 7) is 0. The van der Waals surface area contributed by atoms with Crippen LogP contribution in [0.25, 0.3) is 0 Å². The maximum absolute atomic E-state index is 10.4. The minimum atomic E-state index is -0.672. The van der Waals surface area contributed by atoms with Crippen molar-refractivity contribution in [3.8, 4) is 0 Å². The van der Waals surface area contributed by atoms with Crippen LogP contribution in [0.15, 0.2) is 15.7 Å². The minimum absolute atomic E-state index is 0. The Balaban J connectivity index is 0.000001000. The average Bonchev–Trinajstić information content (AvgIpc) is 1.85. The van der Waals surface area contributed by atoms with E-state index in [9.17, 15) is 14.4 Å². The van der Waals surface area contributed by atoms with E-state index in [1.54, 1.807) is 0 Å². The van der Waals surface area contributed by atoms with Gasteiger partial charge in [-0.1, -0.05) is 0 Å². The summed E-state index contributed by atoms with van der Waals surface area (Å²) in [5.74, 6) is 0. The molecule has 1 aromatic heterocycles. The quantitative estimate of drug-likeness (QED) is 0.463. The summed E-state index contributed by atoms with van der Waals surface area (Å²) in [6.07, 6.45) is 0.399. The molecule has 6 heteroatoms. The zero-order chi connectivity index (χ0) is 7.56. The zero-order valence-electron chi connectivity index (χ0n) is 5.38. The Morgan fingerprint density at radius 2 is 1.91 bits per heavy atom. The molecule has 0 aromatic carbocycles. The first-order valence-corrected chi connectivity index (χ1v) is 2.51. The summed E-state index contributed by atoms with van der Waals surface area (Å²) in [6, 6.07) is 1.01. The molecule has 0 amide bonds. The Kier molecular flexibility index (Phi) is 2.94. The molecule has 60 valence electrons. The monoisotopic (exact) mass is 158 g/mol. The molecule has 0 radical (unpaired) electrons. The van der Waals surface area contributed by atoms with Gasteiger partial charge in [0.25, 0.3) is 5.56 Å². The lowest BCUT2D eigenvalue weighted by Crippen LogP contribution is -2.22. The highest BCUT2D eigenvalue weighted by Gasteiger charge is 1.91. The van der Waals surface area contributed by atoms with E-state index in [1.807, 2.05) is 4.98 Å². The van der Waals surface area contributed by atoms with E-state index in [4.69, 9.17) is 0 Å². The molecule has 0 aliphatic rings. The van der Waals surface area contributed by atoms with Crippen molar-refractivity contribution in [2.75, 3.05) is 0 Å². The molecule has 4 N–H and O–H groups in total. The molecular weight excluding hydrogens is 152 g/mol. The Morgan fingerprint density at radius 1 is 1.27 bits per heavy atom. The van der Waals surface area contributed by atoms with Gasteiger partial charge in [0, 0.05) is 6.07 Å². The Hall–Kier alpha value is -1.69. The zero-order valence-corrected chi connectivity index (χ0v) is 5.38. The highest BCUT2D eigenvalue weighted by atomic mass is 16.2. The third-order valence-corrected chi connectivity index (χ3v) is 0.908. The number of hydrogen-bond donors (Lipinski definition) is 2. The largest absolute Gasteiger partial charge is 0.412 e. The predicted octanol–water partition coefficient (Wildman–Crippen LogP) is -1.95. The van der Waals surface area contributed by atoms with Gasteiger partial charge < -0.3 is 10.5 Å². The van der Waals surface area contributed by atoms with Gasteiger partial charge in [0.15, 0.2) is 6.29 Å². The van der Waals surface area contributed by atoms with Crippen LogP contribution in [0.1, 0.15) is 10.5 Å². The van der Waals surface area contributed by atoms with E-state index < -0.39 is 11.2 Å². The van der Waals surface area contributed by atoms with Crippen molar-refractivity contribution in [2.45, 2.75) is 0 Å².